The summed E-state index contributed by atoms with van der Waals surface area (Å²) in [5.41, 5.74) is 2.38. The van der Waals surface area contributed by atoms with E-state index >= 15 is 0 Å². The summed E-state index contributed by atoms with van der Waals surface area (Å²) in [4.78, 5) is 11.1. The van der Waals surface area contributed by atoms with E-state index in [-0.39, 0.29) is 5.63 Å². The molecular weight excluding hydrogens is 202 g/mol. The third kappa shape index (κ3) is 1.84. The average Bonchev–Trinajstić information content (AvgIpc) is 2.28. The third-order valence-corrected chi connectivity index (χ3v) is 2.43. The Morgan fingerprint density at radius 1 is 1.38 bits per heavy atom. The number of benzene rings is 1. The highest BCUT2D eigenvalue weighted by molar-refractivity contribution is 5.91. The maximum absolute atomic E-state index is 11.1. The van der Waals surface area contributed by atoms with Crippen LogP contribution in [0.25, 0.3) is 11.0 Å². The van der Waals surface area contributed by atoms with Crippen molar-refractivity contribution in [2.75, 3.05) is 11.9 Å². The van der Waals surface area contributed by atoms with Crippen molar-refractivity contribution in [1.82, 2.24) is 0 Å². The second-order valence-corrected chi connectivity index (χ2v) is 3.59. The first-order valence-corrected chi connectivity index (χ1v) is 5.10. The Morgan fingerprint density at radius 2 is 2.19 bits per heavy atom. The van der Waals surface area contributed by atoms with Crippen molar-refractivity contribution in [2.45, 2.75) is 6.92 Å². The van der Waals surface area contributed by atoms with E-state index in [0.717, 1.165) is 16.6 Å². The lowest BCUT2D eigenvalue weighted by atomic mass is 10.1. The molecule has 82 valence electrons. The van der Waals surface area contributed by atoms with Crippen molar-refractivity contribution in [3.8, 4) is 0 Å². The molecule has 0 saturated carbocycles. The van der Waals surface area contributed by atoms with Gasteiger partial charge in [0.15, 0.2) is 0 Å². The minimum Gasteiger partial charge on any atom is -0.423 e. The molecule has 0 bridgehead atoms. The van der Waals surface area contributed by atoms with E-state index in [9.17, 15) is 4.79 Å². The zero-order chi connectivity index (χ0) is 11.5. The Bertz CT molecular complexity index is 584. The molecule has 0 saturated heterocycles. The van der Waals surface area contributed by atoms with Gasteiger partial charge in [-0.2, -0.15) is 0 Å². The number of nitrogens with one attached hydrogen (secondary N) is 1. The van der Waals surface area contributed by atoms with E-state index in [2.05, 4.69) is 11.9 Å². The highest BCUT2D eigenvalue weighted by atomic mass is 16.4. The first-order valence-electron chi connectivity index (χ1n) is 5.10. The van der Waals surface area contributed by atoms with Gasteiger partial charge in [-0.3, -0.25) is 0 Å². The van der Waals surface area contributed by atoms with E-state index in [0.29, 0.717) is 12.1 Å². The standard InChI is InChI=1S/C13H13NO2/c1-3-8-14-13-9(2)4-6-11-10(13)5-7-12(15)16-11/h3-7,14H,1,8H2,2H3. The van der Waals surface area contributed by atoms with Gasteiger partial charge in [0.2, 0.25) is 0 Å². The van der Waals surface area contributed by atoms with Gasteiger partial charge in [0.05, 0.1) is 0 Å². The maximum Gasteiger partial charge on any atom is 0.336 e. The summed E-state index contributed by atoms with van der Waals surface area (Å²) in [6, 6.07) is 6.95. The average molecular weight is 215 g/mol. The lowest BCUT2D eigenvalue weighted by Gasteiger charge is -2.10. The Hall–Kier alpha value is -2.03. The SMILES string of the molecule is C=CCNc1c(C)ccc2oc(=O)ccc12. The van der Waals surface area contributed by atoms with Crippen LogP contribution >= 0.6 is 0 Å². The van der Waals surface area contributed by atoms with Crippen molar-refractivity contribution in [3.05, 3.63) is 52.9 Å². The van der Waals surface area contributed by atoms with Gasteiger partial charge in [-0.05, 0) is 24.6 Å². The Morgan fingerprint density at radius 3 is 2.94 bits per heavy atom. The van der Waals surface area contributed by atoms with E-state index in [1.54, 1.807) is 12.1 Å². The molecule has 0 atom stereocenters. The lowest BCUT2D eigenvalue weighted by molar-refractivity contribution is 0.561. The van der Waals surface area contributed by atoms with Crippen molar-refractivity contribution in [2.24, 2.45) is 0 Å². The molecule has 2 aromatic rings. The molecule has 0 unspecified atom stereocenters. The van der Waals surface area contributed by atoms with Crippen LogP contribution in [0.2, 0.25) is 0 Å². The fraction of sp³-hybridized carbons (Fsp3) is 0.154. The highest BCUT2D eigenvalue weighted by Crippen LogP contribution is 2.25. The molecule has 2 rings (SSSR count). The van der Waals surface area contributed by atoms with E-state index in [1.807, 2.05) is 19.1 Å². The zero-order valence-corrected chi connectivity index (χ0v) is 9.12. The van der Waals surface area contributed by atoms with Crippen molar-refractivity contribution < 1.29 is 4.42 Å². The minimum atomic E-state index is -0.328. The lowest BCUT2D eigenvalue weighted by Crippen LogP contribution is -2.02. The minimum absolute atomic E-state index is 0.328. The molecule has 1 aromatic heterocycles. The molecule has 1 N–H and O–H groups in total. The van der Waals surface area contributed by atoms with Crippen molar-refractivity contribution >= 4 is 16.7 Å². The Balaban J connectivity index is 2.64. The van der Waals surface area contributed by atoms with Gasteiger partial charge < -0.3 is 9.73 Å². The molecule has 1 heterocycles. The second-order valence-electron chi connectivity index (χ2n) is 3.59. The molecular formula is C13H13NO2. The number of hydrogen-bond donors (Lipinski definition) is 1. The third-order valence-electron chi connectivity index (χ3n) is 2.43. The fourth-order valence-electron chi connectivity index (χ4n) is 1.67. The summed E-state index contributed by atoms with van der Waals surface area (Å²) in [5, 5.41) is 4.16. The van der Waals surface area contributed by atoms with Crippen LogP contribution < -0.4 is 10.9 Å². The van der Waals surface area contributed by atoms with Crippen LogP contribution in [0.4, 0.5) is 5.69 Å². The molecule has 0 radical (unpaired) electrons. The molecule has 0 spiro atoms. The maximum atomic E-state index is 11.1. The van der Waals surface area contributed by atoms with Crippen LogP contribution in [0.5, 0.6) is 0 Å². The zero-order valence-electron chi connectivity index (χ0n) is 9.12. The van der Waals surface area contributed by atoms with Crippen LogP contribution in [-0.4, -0.2) is 6.54 Å². The van der Waals surface area contributed by atoms with Crippen LogP contribution in [0, 0.1) is 6.92 Å². The normalized spacial score (nSPS) is 10.3. The Kier molecular flexibility index (Phi) is 2.77. The largest absolute Gasteiger partial charge is 0.423 e. The van der Waals surface area contributed by atoms with Crippen LogP contribution in [-0.2, 0) is 0 Å². The molecule has 3 nitrogen and oxygen atoms in total. The molecule has 0 aliphatic carbocycles. The Labute approximate surface area is 93.4 Å². The molecule has 0 aliphatic rings. The summed E-state index contributed by atoms with van der Waals surface area (Å²) >= 11 is 0. The van der Waals surface area contributed by atoms with Gasteiger partial charge >= 0.3 is 5.63 Å². The van der Waals surface area contributed by atoms with Gasteiger partial charge in [0.1, 0.15) is 5.58 Å². The summed E-state index contributed by atoms with van der Waals surface area (Å²) in [6.45, 7) is 6.35. The van der Waals surface area contributed by atoms with E-state index < -0.39 is 0 Å². The van der Waals surface area contributed by atoms with E-state index in [4.69, 9.17) is 4.42 Å². The monoisotopic (exact) mass is 215 g/mol. The first kappa shape index (κ1) is 10.5. The second kappa shape index (κ2) is 4.23. The molecule has 1 aromatic carbocycles. The first-order chi connectivity index (χ1) is 7.72. The molecule has 0 amide bonds. The van der Waals surface area contributed by atoms with Gasteiger partial charge in [-0.1, -0.05) is 12.1 Å². The van der Waals surface area contributed by atoms with Crippen molar-refractivity contribution in [1.29, 1.82) is 0 Å². The van der Waals surface area contributed by atoms with Gasteiger partial charge in [0.25, 0.3) is 0 Å². The van der Waals surface area contributed by atoms with E-state index in [1.165, 1.54) is 6.07 Å². The summed E-state index contributed by atoms with van der Waals surface area (Å²) in [6.07, 6.45) is 1.79. The predicted molar refractivity (Wildman–Crippen MR) is 65.9 cm³/mol. The van der Waals surface area contributed by atoms with Crippen LogP contribution in [0.3, 0.4) is 0 Å². The fourth-order valence-corrected chi connectivity index (χ4v) is 1.67. The highest BCUT2D eigenvalue weighted by Gasteiger charge is 2.05. The topological polar surface area (TPSA) is 42.2 Å². The molecule has 0 aliphatic heterocycles. The van der Waals surface area contributed by atoms with Crippen LogP contribution in [0.1, 0.15) is 5.56 Å². The summed E-state index contributed by atoms with van der Waals surface area (Å²) in [7, 11) is 0. The molecule has 16 heavy (non-hydrogen) atoms. The number of hydrogen-bond acceptors (Lipinski definition) is 3. The summed E-state index contributed by atoms with van der Waals surface area (Å²) < 4.78 is 5.12. The van der Waals surface area contributed by atoms with Gasteiger partial charge in [-0.25, -0.2) is 4.79 Å². The number of aryl methyl sites for hydroxylation is 1. The number of anilines is 1. The smallest absolute Gasteiger partial charge is 0.336 e. The van der Waals surface area contributed by atoms with Crippen molar-refractivity contribution in [3.63, 3.8) is 0 Å². The predicted octanol–water partition coefficient (Wildman–Crippen LogP) is 2.70. The van der Waals surface area contributed by atoms with Gasteiger partial charge in [0, 0.05) is 23.7 Å². The number of rotatable bonds is 3. The quantitative estimate of drug-likeness (QED) is 0.632. The van der Waals surface area contributed by atoms with Gasteiger partial charge in [-0.15, -0.1) is 6.58 Å². The number of fused-ring (bicyclic) bond motifs is 1. The van der Waals surface area contributed by atoms with Crippen LogP contribution in [0.15, 0.2) is 46.1 Å². The summed E-state index contributed by atoms with van der Waals surface area (Å²) in [5.74, 6) is 0. The molecule has 3 heteroatoms. The molecule has 0 fully saturated rings.